The maximum atomic E-state index is 11.3. The van der Waals surface area contributed by atoms with Gasteiger partial charge in [0.1, 0.15) is 6.79 Å². The number of hydrogen-bond acceptors (Lipinski definition) is 4. The molecule has 13 heavy (non-hydrogen) atoms. The van der Waals surface area contributed by atoms with Gasteiger partial charge in [0, 0.05) is 11.9 Å². The van der Waals surface area contributed by atoms with Crippen LogP contribution in [0, 0.1) is 6.92 Å². The van der Waals surface area contributed by atoms with Crippen molar-refractivity contribution in [3.8, 4) is 0 Å². The van der Waals surface area contributed by atoms with Crippen molar-refractivity contribution < 1.29 is 9.47 Å². The molecular formula is C8H10N2O3. The molecule has 1 aliphatic rings. The first-order valence-corrected chi connectivity index (χ1v) is 4.02. The first-order chi connectivity index (χ1) is 6.27. The van der Waals surface area contributed by atoms with Gasteiger partial charge in [-0.1, -0.05) is 0 Å². The summed E-state index contributed by atoms with van der Waals surface area (Å²) in [5.41, 5.74) is 0.413. The molecule has 1 saturated heterocycles. The molecule has 0 N–H and O–H groups in total. The van der Waals surface area contributed by atoms with Crippen molar-refractivity contribution in [2.24, 2.45) is 0 Å². The number of nitrogens with zero attached hydrogens (tertiary/aromatic N) is 2. The third-order valence-electron chi connectivity index (χ3n) is 1.88. The van der Waals surface area contributed by atoms with E-state index < -0.39 is 0 Å². The molecule has 0 unspecified atom stereocenters. The zero-order valence-electron chi connectivity index (χ0n) is 7.27. The van der Waals surface area contributed by atoms with E-state index in [-0.39, 0.29) is 18.7 Å². The van der Waals surface area contributed by atoms with Gasteiger partial charge in [0.2, 0.25) is 0 Å². The van der Waals surface area contributed by atoms with Crippen molar-refractivity contribution >= 4 is 0 Å². The summed E-state index contributed by atoms with van der Waals surface area (Å²) in [5.74, 6) is 0. The minimum Gasteiger partial charge on any atom is -0.351 e. The fourth-order valence-electron chi connectivity index (χ4n) is 1.20. The number of aryl methyl sites for hydroxylation is 1. The summed E-state index contributed by atoms with van der Waals surface area (Å²) in [6, 6.07) is 1.77. The summed E-state index contributed by atoms with van der Waals surface area (Å²) in [4.78, 5) is 15.1. The Balaban J connectivity index is 2.34. The average Bonchev–Trinajstić information content (AvgIpc) is 2.56. The van der Waals surface area contributed by atoms with Crippen molar-refractivity contribution in [1.29, 1.82) is 0 Å². The summed E-state index contributed by atoms with van der Waals surface area (Å²) < 4.78 is 11.6. The van der Waals surface area contributed by atoms with E-state index in [2.05, 4.69) is 4.98 Å². The van der Waals surface area contributed by atoms with Gasteiger partial charge in [0.05, 0.1) is 6.61 Å². The van der Waals surface area contributed by atoms with Crippen LogP contribution < -0.4 is 5.69 Å². The van der Waals surface area contributed by atoms with Crippen LogP contribution in [0.4, 0.5) is 0 Å². The second-order valence-electron chi connectivity index (χ2n) is 2.87. The zero-order chi connectivity index (χ0) is 9.26. The van der Waals surface area contributed by atoms with Crippen LogP contribution in [0.15, 0.2) is 17.1 Å². The van der Waals surface area contributed by atoms with E-state index in [1.54, 1.807) is 19.2 Å². The van der Waals surface area contributed by atoms with Gasteiger partial charge in [0.25, 0.3) is 0 Å². The zero-order valence-corrected chi connectivity index (χ0v) is 7.27. The molecule has 1 aliphatic heterocycles. The van der Waals surface area contributed by atoms with Gasteiger partial charge in [0.15, 0.2) is 6.23 Å². The molecule has 1 aromatic rings. The third-order valence-corrected chi connectivity index (χ3v) is 1.88. The highest BCUT2D eigenvalue weighted by Crippen LogP contribution is 2.12. The molecule has 0 aliphatic carbocycles. The molecule has 70 valence electrons. The summed E-state index contributed by atoms with van der Waals surface area (Å²) in [6.45, 7) is 2.42. The van der Waals surface area contributed by atoms with Crippen LogP contribution >= 0.6 is 0 Å². The second-order valence-corrected chi connectivity index (χ2v) is 2.87. The lowest BCUT2D eigenvalue weighted by molar-refractivity contribution is 0.0215. The molecule has 0 saturated carbocycles. The largest absolute Gasteiger partial charge is 0.351 e. The van der Waals surface area contributed by atoms with Gasteiger partial charge in [-0.05, 0) is 13.0 Å². The van der Waals surface area contributed by atoms with Crippen LogP contribution in [0.3, 0.4) is 0 Å². The normalized spacial score (nSPS) is 22.1. The van der Waals surface area contributed by atoms with Crippen LogP contribution in [-0.2, 0) is 9.47 Å². The number of aromatic nitrogens is 2. The van der Waals surface area contributed by atoms with Crippen molar-refractivity contribution in [1.82, 2.24) is 9.55 Å². The topological polar surface area (TPSA) is 53.4 Å². The third kappa shape index (κ3) is 1.61. The maximum absolute atomic E-state index is 11.3. The Morgan fingerprint density at radius 3 is 3.15 bits per heavy atom. The SMILES string of the molecule is Cc1ccn([C@@H]2COCO2)c(=O)n1. The Kier molecular flexibility index (Phi) is 2.12. The highest BCUT2D eigenvalue weighted by Gasteiger charge is 2.18. The van der Waals surface area contributed by atoms with Crippen LogP contribution in [0.25, 0.3) is 0 Å². The standard InChI is InChI=1S/C8H10N2O3/c1-6-2-3-10(8(11)9-6)7-4-12-5-13-7/h2-3,7H,4-5H2,1H3/t7-/m0/s1. The molecule has 0 aromatic carbocycles. The van der Waals surface area contributed by atoms with Gasteiger partial charge in [-0.15, -0.1) is 0 Å². The molecule has 1 aromatic heterocycles. The van der Waals surface area contributed by atoms with E-state index in [0.29, 0.717) is 12.3 Å². The summed E-state index contributed by atoms with van der Waals surface area (Å²) in [5, 5.41) is 0. The lowest BCUT2D eigenvalue weighted by Gasteiger charge is -2.09. The predicted molar refractivity (Wildman–Crippen MR) is 44.2 cm³/mol. The summed E-state index contributed by atoms with van der Waals surface area (Å²) in [7, 11) is 0. The van der Waals surface area contributed by atoms with Crippen LogP contribution in [-0.4, -0.2) is 23.0 Å². The molecule has 0 amide bonds. The van der Waals surface area contributed by atoms with Crippen molar-refractivity contribution in [2.45, 2.75) is 13.2 Å². The first kappa shape index (κ1) is 8.40. The molecular weight excluding hydrogens is 172 g/mol. The number of ether oxygens (including phenoxy) is 2. The Labute approximate surface area is 74.9 Å². The van der Waals surface area contributed by atoms with E-state index >= 15 is 0 Å². The first-order valence-electron chi connectivity index (χ1n) is 4.02. The summed E-state index contributed by atoms with van der Waals surface area (Å²) >= 11 is 0. The smallest absolute Gasteiger partial charge is 0.349 e. The van der Waals surface area contributed by atoms with Gasteiger partial charge in [-0.3, -0.25) is 4.57 Å². The average molecular weight is 182 g/mol. The van der Waals surface area contributed by atoms with Crippen LogP contribution in [0.5, 0.6) is 0 Å². The molecule has 5 nitrogen and oxygen atoms in total. The van der Waals surface area contributed by atoms with E-state index in [4.69, 9.17) is 9.47 Å². The van der Waals surface area contributed by atoms with E-state index in [0.717, 1.165) is 0 Å². The molecule has 0 radical (unpaired) electrons. The molecule has 2 heterocycles. The lowest BCUT2D eigenvalue weighted by Crippen LogP contribution is -2.27. The minimum absolute atomic E-state index is 0.241. The van der Waals surface area contributed by atoms with E-state index in [1.165, 1.54) is 4.57 Å². The number of hydrogen-bond donors (Lipinski definition) is 0. The monoisotopic (exact) mass is 182 g/mol. The predicted octanol–water partition coefficient (Wildman–Crippen LogP) is 0.0546. The van der Waals surface area contributed by atoms with Crippen molar-refractivity contribution in [3.63, 3.8) is 0 Å². The molecule has 2 rings (SSSR count). The molecule has 1 fully saturated rings. The van der Waals surface area contributed by atoms with Gasteiger partial charge in [-0.25, -0.2) is 4.79 Å². The Morgan fingerprint density at radius 1 is 1.69 bits per heavy atom. The van der Waals surface area contributed by atoms with Gasteiger partial charge in [-0.2, -0.15) is 4.98 Å². The van der Waals surface area contributed by atoms with Crippen LogP contribution in [0.1, 0.15) is 11.9 Å². The Morgan fingerprint density at radius 2 is 2.54 bits per heavy atom. The van der Waals surface area contributed by atoms with Gasteiger partial charge >= 0.3 is 5.69 Å². The second kappa shape index (κ2) is 3.27. The quantitative estimate of drug-likeness (QED) is 0.616. The molecule has 1 atom stereocenters. The molecule has 5 heteroatoms. The molecule has 0 bridgehead atoms. The Hall–Kier alpha value is -1.20. The fraction of sp³-hybridized carbons (Fsp3) is 0.500. The van der Waals surface area contributed by atoms with Crippen molar-refractivity contribution in [2.75, 3.05) is 13.4 Å². The minimum atomic E-state index is -0.319. The van der Waals surface area contributed by atoms with Crippen LogP contribution in [0.2, 0.25) is 0 Å². The van der Waals surface area contributed by atoms with E-state index in [9.17, 15) is 4.79 Å². The van der Waals surface area contributed by atoms with E-state index in [1.807, 2.05) is 0 Å². The summed E-state index contributed by atoms with van der Waals surface area (Å²) in [6.07, 6.45) is 1.35. The fourth-order valence-corrected chi connectivity index (χ4v) is 1.20. The van der Waals surface area contributed by atoms with Crippen molar-refractivity contribution in [3.05, 3.63) is 28.4 Å². The maximum Gasteiger partial charge on any atom is 0.349 e. The highest BCUT2D eigenvalue weighted by atomic mass is 16.7. The highest BCUT2D eigenvalue weighted by molar-refractivity contribution is 4.96. The molecule has 0 spiro atoms. The number of rotatable bonds is 1. The lowest BCUT2D eigenvalue weighted by atomic mass is 10.4. The van der Waals surface area contributed by atoms with Gasteiger partial charge < -0.3 is 9.47 Å². The Bertz CT molecular complexity index is 355.